The zero-order chi connectivity index (χ0) is 9.86. The van der Waals surface area contributed by atoms with Gasteiger partial charge in [-0.15, -0.1) is 0 Å². The van der Waals surface area contributed by atoms with Crippen molar-refractivity contribution in [1.82, 2.24) is 5.32 Å². The zero-order valence-electron chi connectivity index (χ0n) is 9.65. The molecule has 82 valence electrons. The van der Waals surface area contributed by atoms with Crippen molar-refractivity contribution in [2.45, 2.75) is 70.8 Å². The fraction of sp³-hybridized carbons (Fsp3) is 1.00. The maximum absolute atomic E-state index is 3.70. The minimum atomic E-state index is 0.760. The van der Waals surface area contributed by atoms with Gasteiger partial charge in [-0.1, -0.05) is 32.6 Å². The Morgan fingerprint density at radius 2 is 1.93 bits per heavy atom. The lowest BCUT2D eigenvalue weighted by atomic mass is 9.98. The summed E-state index contributed by atoms with van der Waals surface area (Å²) < 4.78 is 0. The molecule has 0 radical (unpaired) electrons. The molecule has 2 fully saturated rings. The van der Waals surface area contributed by atoms with Crippen LogP contribution >= 0.6 is 0 Å². The molecule has 0 aromatic heterocycles. The van der Waals surface area contributed by atoms with E-state index in [2.05, 4.69) is 12.2 Å². The molecule has 0 amide bonds. The van der Waals surface area contributed by atoms with Crippen molar-refractivity contribution in [2.24, 2.45) is 5.41 Å². The molecule has 1 N–H and O–H groups in total. The molecule has 0 saturated heterocycles. The van der Waals surface area contributed by atoms with E-state index in [1.54, 1.807) is 0 Å². The second-order valence-electron chi connectivity index (χ2n) is 5.47. The summed E-state index contributed by atoms with van der Waals surface area (Å²) in [5, 5.41) is 3.70. The Morgan fingerprint density at radius 1 is 1.14 bits per heavy atom. The highest BCUT2D eigenvalue weighted by atomic mass is 15.0. The van der Waals surface area contributed by atoms with Gasteiger partial charge in [-0.25, -0.2) is 0 Å². The zero-order valence-corrected chi connectivity index (χ0v) is 9.65. The Kier molecular flexibility index (Phi) is 3.48. The van der Waals surface area contributed by atoms with E-state index in [4.69, 9.17) is 0 Å². The van der Waals surface area contributed by atoms with E-state index < -0.39 is 0 Å². The second-order valence-corrected chi connectivity index (χ2v) is 5.47. The Bertz CT molecular complexity index is 168. The van der Waals surface area contributed by atoms with E-state index in [0.717, 1.165) is 11.5 Å². The Balaban J connectivity index is 1.53. The highest BCUT2D eigenvalue weighted by Gasteiger charge is 2.42. The van der Waals surface area contributed by atoms with E-state index in [1.165, 1.54) is 64.3 Å². The van der Waals surface area contributed by atoms with Crippen LogP contribution in [-0.2, 0) is 0 Å². The molecule has 0 bridgehead atoms. The van der Waals surface area contributed by atoms with Crippen LogP contribution in [0.25, 0.3) is 0 Å². The molecule has 0 aromatic carbocycles. The summed E-state index contributed by atoms with van der Waals surface area (Å²) in [6.45, 7) is 3.62. The minimum absolute atomic E-state index is 0.760. The maximum atomic E-state index is 3.70. The minimum Gasteiger partial charge on any atom is -0.313 e. The van der Waals surface area contributed by atoms with Gasteiger partial charge in [0.15, 0.2) is 0 Å². The first-order chi connectivity index (χ1) is 6.85. The molecule has 1 nitrogen and oxygen atoms in total. The monoisotopic (exact) mass is 195 g/mol. The number of nitrogens with one attached hydrogen (secondary N) is 1. The third kappa shape index (κ3) is 3.27. The summed E-state index contributed by atoms with van der Waals surface area (Å²) in [4.78, 5) is 0. The van der Waals surface area contributed by atoms with Crippen LogP contribution in [0.15, 0.2) is 0 Å². The van der Waals surface area contributed by atoms with Crippen molar-refractivity contribution in [2.75, 3.05) is 6.54 Å². The maximum Gasteiger partial charge on any atom is 0.00684 e. The molecule has 0 atom stereocenters. The predicted octanol–water partition coefficient (Wildman–Crippen LogP) is 3.49. The van der Waals surface area contributed by atoms with Crippen LogP contribution in [-0.4, -0.2) is 12.6 Å². The standard InChI is InChI=1S/C13H25N/c1-2-3-4-5-8-13(9-10-13)11-14-12-6-7-12/h12,14H,2-11H2,1H3. The van der Waals surface area contributed by atoms with Gasteiger partial charge >= 0.3 is 0 Å². The highest BCUT2D eigenvalue weighted by Crippen LogP contribution is 2.49. The quantitative estimate of drug-likeness (QED) is 0.585. The van der Waals surface area contributed by atoms with Crippen LogP contribution in [0.3, 0.4) is 0 Å². The van der Waals surface area contributed by atoms with Gasteiger partial charge in [-0.2, -0.15) is 0 Å². The van der Waals surface area contributed by atoms with Crippen LogP contribution in [0.1, 0.15) is 64.7 Å². The highest BCUT2D eigenvalue weighted by molar-refractivity contribution is 4.96. The fourth-order valence-corrected chi connectivity index (χ4v) is 2.27. The molecular formula is C13H25N. The van der Waals surface area contributed by atoms with Gasteiger partial charge in [0.1, 0.15) is 0 Å². The summed E-state index contributed by atoms with van der Waals surface area (Å²) >= 11 is 0. The van der Waals surface area contributed by atoms with Crippen molar-refractivity contribution in [3.63, 3.8) is 0 Å². The number of hydrogen-bond acceptors (Lipinski definition) is 1. The molecule has 2 aliphatic rings. The van der Waals surface area contributed by atoms with E-state index in [0.29, 0.717) is 0 Å². The number of hydrogen-bond donors (Lipinski definition) is 1. The predicted molar refractivity (Wildman–Crippen MR) is 61.5 cm³/mol. The Labute approximate surface area is 88.7 Å². The Morgan fingerprint density at radius 3 is 2.50 bits per heavy atom. The molecule has 14 heavy (non-hydrogen) atoms. The summed E-state index contributed by atoms with van der Waals surface area (Å²) in [5.74, 6) is 0. The molecular weight excluding hydrogens is 170 g/mol. The lowest BCUT2D eigenvalue weighted by Crippen LogP contribution is -2.25. The summed E-state index contributed by atoms with van der Waals surface area (Å²) in [6, 6.07) is 0.906. The topological polar surface area (TPSA) is 12.0 Å². The average molecular weight is 195 g/mol. The normalized spacial score (nSPS) is 23.8. The van der Waals surface area contributed by atoms with Crippen molar-refractivity contribution in [3.05, 3.63) is 0 Å². The third-order valence-corrected chi connectivity index (χ3v) is 3.86. The van der Waals surface area contributed by atoms with Crippen molar-refractivity contribution < 1.29 is 0 Å². The van der Waals surface area contributed by atoms with Gasteiger partial charge in [0.25, 0.3) is 0 Å². The summed E-state index contributed by atoms with van der Waals surface area (Å²) in [6.07, 6.45) is 13.1. The molecule has 2 rings (SSSR count). The molecule has 2 saturated carbocycles. The first-order valence-corrected chi connectivity index (χ1v) is 6.58. The van der Waals surface area contributed by atoms with Gasteiger partial charge < -0.3 is 5.32 Å². The van der Waals surface area contributed by atoms with Crippen molar-refractivity contribution in [3.8, 4) is 0 Å². The van der Waals surface area contributed by atoms with Crippen LogP contribution in [0.5, 0.6) is 0 Å². The van der Waals surface area contributed by atoms with E-state index in [1.807, 2.05) is 0 Å². The summed E-state index contributed by atoms with van der Waals surface area (Å²) in [7, 11) is 0. The lowest BCUT2D eigenvalue weighted by molar-refractivity contribution is 0.403. The van der Waals surface area contributed by atoms with Crippen LogP contribution in [0.4, 0.5) is 0 Å². The van der Waals surface area contributed by atoms with Gasteiger partial charge in [-0.05, 0) is 37.5 Å². The van der Waals surface area contributed by atoms with Gasteiger partial charge in [0.2, 0.25) is 0 Å². The number of unbranched alkanes of at least 4 members (excludes halogenated alkanes) is 3. The van der Waals surface area contributed by atoms with E-state index in [-0.39, 0.29) is 0 Å². The third-order valence-electron chi connectivity index (χ3n) is 3.86. The molecule has 0 spiro atoms. The summed E-state index contributed by atoms with van der Waals surface area (Å²) in [5.41, 5.74) is 0.760. The number of rotatable bonds is 8. The molecule has 0 unspecified atom stereocenters. The molecule has 0 aromatic rings. The second kappa shape index (κ2) is 4.65. The largest absolute Gasteiger partial charge is 0.313 e. The lowest BCUT2D eigenvalue weighted by Gasteiger charge is -2.15. The van der Waals surface area contributed by atoms with Gasteiger partial charge in [0, 0.05) is 12.6 Å². The average Bonchev–Trinajstić information content (AvgIpc) is 3.04. The first-order valence-electron chi connectivity index (χ1n) is 6.58. The fourth-order valence-electron chi connectivity index (χ4n) is 2.27. The van der Waals surface area contributed by atoms with Crippen molar-refractivity contribution >= 4 is 0 Å². The first kappa shape index (κ1) is 10.5. The van der Waals surface area contributed by atoms with Crippen LogP contribution < -0.4 is 5.32 Å². The molecule has 0 heterocycles. The molecule has 0 aliphatic heterocycles. The SMILES string of the molecule is CCCCCCC1(CNC2CC2)CC1. The van der Waals surface area contributed by atoms with Gasteiger partial charge in [-0.3, -0.25) is 0 Å². The molecule has 1 heteroatoms. The van der Waals surface area contributed by atoms with E-state index >= 15 is 0 Å². The van der Waals surface area contributed by atoms with E-state index in [9.17, 15) is 0 Å². The molecule has 2 aliphatic carbocycles. The van der Waals surface area contributed by atoms with Crippen LogP contribution in [0, 0.1) is 5.41 Å². The Hall–Kier alpha value is -0.0400. The van der Waals surface area contributed by atoms with Crippen molar-refractivity contribution in [1.29, 1.82) is 0 Å². The van der Waals surface area contributed by atoms with Crippen LogP contribution in [0.2, 0.25) is 0 Å². The smallest absolute Gasteiger partial charge is 0.00684 e. The van der Waals surface area contributed by atoms with Gasteiger partial charge in [0.05, 0.1) is 0 Å².